The highest BCUT2D eigenvalue weighted by molar-refractivity contribution is 5.82. The molecule has 1 saturated heterocycles. The van der Waals surface area contributed by atoms with Crippen LogP contribution in [0.1, 0.15) is 51.9 Å². The summed E-state index contributed by atoms with van der Waals surface area (Å²) < 4.78 is 0. The van der Waals surface area contributed by atoms with Gasteiger partial charge in [-0.05, 0) is 53.9 Å². The first kappa shape index (κ1) is 16.8. The van der Waals surface area contributed by atoms with E-state index < -0.39 is 0 Å². The Kier molecular flexibility index (Phi) is 5.31. The summed E-state index contributed by atoms with van der Waals surface area (Å²) >= 11 is 0. The molecule has 1 atom stereocenters. The minimum absolute atomic E-state index is 0.160. The van der Waals surface area contributed by atoms with Crippen molar-refractivity contribution in [3.63, 3.8) is 0 Å². The van der Waals surface area contributed by atoms with Crippen LogP contribution in [0.3, 0.4) is 0 Å². The molecule has 4 heteroatoms. The molecule has 2 fully saturated rings. The molecule has 0 aromatic heterocycles. The van der Waals surface area contributed by atoms with Gasteiger partial charge in [-0.15, -0.1) is 0 Å². The highest BCUT2D eigenvalue weighted by Crippen LogP contribution is 2.32. The maximum Gasteiger partial charge on any atom is 0.227 e. The molecular formula is C17H33N3O. The van der Waals surface area contributed by atoms with Crippen molar-refractivity contribution in [3.05, 3.63) is 0 Å². The monoisotopic (exact) mass is 295 g/mol. The summed E-state index contributed by atoms with van der Waals surface area (Å²) in [4.78, 5) is 17.3. The van der Waals surface area contributed by atoms with Crippen LogP contribution in [0, 0.1) is 5.41 Å². The Hall–Kier alpha value is -0.610. The van der Waals surface area contributed by atoms with Crippen molar-refractivity contribution in [2.24, 2.45) is 5.41 Å². The van der Waals surface area contributed by atoms with E-state index >= 15 is 0 Å². The smallest absolute Gasteiger partial charge is 0.227 e. The summed E-state index contributed by atoms with van der Waals surface area (Å²) in [6.45, 7) is 4.83. The largest absolute Gasteiger partial charge is 0.354 e. The van der Waals surface area contributed by atoms with E-state index in [-0.39, 0.29) is 16.9 Å². The average Bonchev–Trinajstić information content (AvgIpc) is 2.66. The molecule has 0 radical (unpaired) electrons. The third-order valence-corrected chi connectivity index (χ3v) is 5.77. The van der Waals surface area contributed by atoms with Crippen LogP contribution >= 0.6 is 0 Å². The lowest BCUT2D eigenvalue weighted by Gasteiger charge is -2.40. The lowest BCUT2D eigenvalue weighted by Crippen LogP contribution is -2.54. The van der Waals surface area contributed by atoms with Gasteiger partial charge in [0.2, 0.25) is 5.91 Å². The number of hydrogen-bond donors (Lipinski definition) is 1. The lowest BCUT2D eigenvalue weighted by atomic mass is 9.86. The molecule has 21 heavy (non-hydrogen) atoms. The van der Waals surface area contributed by atoms with E-state index in [1.54, 1.807) is 0 Å². The van der Waals surface area contributed by atoms with Crippen molar-refractivity contribution in [2.75, 3.05) is 40.8 Å². The fourth-order valence-corrected chi connectivity index (χ4v) is 4.00. The fraction of sp³-hybridized carbons (Fsp3) is 0.941. The van der Waals surface area contributed by atoms with Gasteiger partial charge in [0.1, 0.15) is 0 Å². The highest BCUT2D eigenvalue weighted by Gasteiger charge is 2.40. The lowest BCUT2D eigenvalue weighted by molar-refractivity contribution is -0.130. The van der Waals surface area contributed by atoms with E-state index in [1.807, 2.05) is 0 Å². The first-order valence-electron chi connectivity index (χ1n) is 8.52. The number of rotatable bonds is 4. The molecule has 0 spiro atoms. The maximum absolute atomic E-state index is 12.6. The Morgan fingerprint density at radius 3 is 2.24 bits per heavy atom. The Labute approximate surface area is 130 Å². The van der Waals surface area contributed by atoms with Crippen molar-refractivity contribution in [1.82, 2.24) is 15.1 Å². The predicted molar refractivity (Wildman–Crippen MR) is 87.4 cm³/mol. The van der Waals surface area contributed by atoms with Crippen molar-refractivity contribution >= 4 is 5.91 Å². The number of carbonyl (C=O) groups is 1. The first-order valence-corrected chi connectivity index (χ1v) is 8.52. The molecule has 2 aliphatic rings. The fourth-order valence-electron chi connectivity index (χ4n) is 4.00. The average molecular weight is 295 g/mol. The van der Waals surface area contributed by atoms with Crippen LogP contribution in [0.25, 0.3) is 0 Å². The maximum atomic E-state index is 12.6. The summed E-state index contributed by atoms with van der Waals surface area (Å²) in [6.07, 6.45) is 8.64. The van der Waals surface area contributed by atoms with E-state index in [9.17, 15) is 4.79 Å². The third-order valence-electron chi connectivity index (χ3n) is 5.77. The van der Waals surface area contributed by atoms with Crippen LogP contribution in [-0.4, -0.2) is 62.0 Å². The summed E-state index contributed by atoms with van der Waals surface area (Å²) in [7, 11) is 6.44. The molecule has 0 unspecified atom stereocenters. The second-order valence-corrected chi connectivity index (χ2v) is 7.76. The summed E-state index contributed by atoms with van der Waals surface area (Å²) in [5, 5.41) is 3.30. The molecule has 1 heterocycles. The zero-order valence-corrected chi connectivity index (χ0v) is 14.4. The second kappa shape index (κ2) is 6.66. The van der Waals surface area contributed by atoms with Gasteiger partial charge in [-0.1, -0.05) is 25.7 Å². The summed E-state index contributed by atoms with van der Waals surface area (Å²) in [6, 6.07) is 0. The van der Waals surface area contributed by atoms with Crippen LogP contribution in [0.5, 0.6) is 0 Å². The van der Waals surface area contributed by atoms with E-state index in [0.29, 0.717) is 0 Å². The molecule has 4 nitrogen and oxygen atoms in total. The van der Waals surface area contributed by atoms with Gasteiger partial charge in [-0.3, -0.25) is 4.79 Å². The molecular weight excluding hydrogens is 262 g/mol. The second-order valence-electron chi connectivity index (χ2n) is 7.76. The SMILES string of the molecule is CN1CC[C@@](C)(C(=O)NCC2(N(C)C)CCCCCC2)C1. The Balaban J connectivity index is 1.97. The van der Waals surface area contributed by atoms with E-state index in [2.05, 4.69) is 43.2 Å². The van der Waals surface area contributed by atoms with Gasteiger partial charge in [0.25, 0.3) is 0 Å². The molecule has 0 bridgehead atoms. The van der Waals surface area contributed by atoms with Crippen LogP contribution in [0.2, 0.25) is 0 Å². The number of hydrogen-bond acceptors (Lipinski definition) is 3. The van der Waals surface area contributed by atoms with Gasteiger partial charge in [-0.2, -0.15) is 0 Å². The molecule has 1 aliphatic heterocycles. The standard InChI is InChI=1S/C17H33N3O/c1-16(11-12-20(4)14-16)15(21)18-13-17(19(2)3)9-7-5-6-8-10-17/h5-14H2,1-4H3,(H,18,21)/t16-/m1/s1. The minimum Gasteiger partial charge on any atom is -0.354 e. The van der Waals surface area contributed by atoms with Crippen molar-refractivity contribution in [2.45, 2.75) is 57.4 Å². The summed E-state index contributed by atoms with van der Waals surface area (Å²) in [5.74, 6) is 0.248. The molecule has 0 aromatic rings. The molecule has 1 aliphatic carbocycles. The van der Waals surface area contributed by atoms with Crippen LogP contribution in [-0.2, 0) is 4.79 Å². The van der Waals surface area contributed by atoms with Crippen molar-refractivity contribution < 1.29 is 4.79 Å². The van der Waals surface area contributed by atoms with Crippen LogP contribution in [0.15, 0.2) is 0 Å². The molecule has 2 rings (SSSR count). The van der Waals surface area contributed by atoms with Gasteiger partial charge < -0.3 is 15.1 Å². The predicted octanol–water partition coefficient (Wildman–Crippen LogP) is 2.10. The van der Waals surface area contributed by atoms with Crippen LogP contribution in [0.4, 0.5) is 0 Å². The molecule has 1 saturated carbocycles. The topological polar surface area (TPSA) is 35.6 Å². The molecule has 1 N–H and O–H groups in total. The number of nitrogens with one attached hydrogen (secondary N) is 1. The Bertz CT molecular complexity index is 361. The van der Waals surface area contributed by atoms with E-state index in [1.165, 1.54) is 38.5 Å². The van der Waals surface area contributed by atoms with Gasteiger partial charge in [0, 0.05) is 18.6 Å². The number of likely N-dealkylation sites (tertiary alicyclic amines) is 1. The van der Waals surface area contributed by atoms with Crippen molar-refractivity contribution in [3.8, 4) is 0 Å². The van der Waals surface area contributed by atoms with Gasteiger partial charge in [0.05, 0.1) is 5.41 Å². The van der Waals surface area contributed by atoms with Gasteiger partial charge in [0.15, 0.2) is 0 Å². The van der Waals surface area contributed by atoms with E-state index in [4.69, 9.17) is 0 Å². The third kappa shape index (κ3) is 3.78. The van der Waals surface area contributed by atoms with Gasteiger partial charge >= 0.3 is 0 Å². The van der Waals surface area contributed by atoms with Gasteiger partial charge in [-0.25, -0.2) is 0 Å². The Morgan fingerprint density at radius 2 is 1.76 bits per heavy atom. The molecule has 122 valence electrons. The van der Waals surface area contributed by atoms with Crippen LogP contribution < -0.4 is 5.32 Å². The number of carbonyl (C=O) groups excluding carboxylic acids is 1. The zero-order chi connectivity index (χ0) is 15.5. The molecule has 0 aromatic carbocycles. The summed E-state index contributed by atoms with van der Waals surface area (Å²) in [5.41, 5.74) is -0.0417. The normalized spacial score (nSPS) is 30.3. The van der Waals surface area contributed by atoms with Crippen molar-refractivity contribution in [1.29, 1.82) is 0 Å². The number of nitrogens with zero attached hydrogens (tertiary/aromatic N) is 2. The van der Waals surface area contributed by atoms with E-state index in [0.717, 1.165) is 26.1 Å². The molecule has 1 amide bonds. The Morgan fingerprint density at radius 1 is 1.14 bits per heavy atom. The quantitative estimate of drug-likeness (QED) is 0.807. The zero-order valence-electron chi connectivity index (χ0n) is 14.4. The highest BCUT2D eigenvalue weighted by atomic mass is 16.2. The number of likely N-dealkylation sites (N-methyl/N-ethyl adjacent to an activating group) is 1. The first-order chi connectivity index (χ1) is 9.88. The minimum atomic E-state index is -0.201. The number of amides is 1.